The van der Waals surface area contributed by atoms with Crippen LogP contribution in [-0.2, 0) is 11.0 Å². The number of rotatable bonds is 3. The maximum atomic E-state index is 10.3. The third-order valence-electron chi connectivity index (χ3n) is 3.21. The van der Waals surface area contributed by atoms with Crippen molar-refractivity contribution in [2.75, 3.05) is 6.54 Å². The quantitative estimate of drug-likeness (QED) is 0.824. The van der Waals surface area contributed by atoms with Gasteiger partial charge in [-0.2, -0.15) is 0 Å². The second-order valence-electron chi connectivity index (χ2n) is 5.42. The topological polar surface area (TPSA) is 46.2 Å². The summed E-state index contributed by atoms with van der Waals surface area (Å²) in [5.41, 5.74) is 7.07. The lowest BCUT2D eigenvalue weighted by molar-refractivity contribution is 0.0418. The molecule has 1 atom stereocenters. The summed E-state index contributed by atoms with van der Waals surface area (Å²) in [7, 11) is 0. The first-order valence-electron chi connectivity index (χ1n) is 5.87. The smallest absolute Gasteiger partial charge is 0.102 e. The highest BCUT2D eigenvalue weighted by Gasteiger charge is 2.25. The molecule has 0 heterocycles. The van der Waals surface area contributed by atoms with E-state index in [4.69, 9.17) is 5.73 Å². The highest BCUT2D eigenvalue weighted by molar-refractivity contribution is 5.31. The molecule has 2 nitrogen and oxygen atoms in total. The Bertz CT molecular complexity index is 331. The van der Waals surface area contributed by atoms with Gasteiger partial charge in [-0.25, -0.2) is 0 Å². The average molecular weight is 221 g/mol. The summed E-state index contributed by atoms with van der Waals surface area (Å²) in [5.74, 6) is 0. The number of aliphatic hydroxyl groups is 1. The minimum Gasteiger partial charge on any atom is -0.384 e. The van der Waals surface area contributed by atoms with Gasteiger partial charge in [0.05, 0.1) is 0 Å². The van der Waals surface area contributed by atoms with Crippen molar-refractivity contribution in [2.45, 2.75) is 45.1 Å². The Labute approximate surface area is 98.5 Å². The predicted molar refractivity (Wildman–Crippen MR) is 68.4 cm³/mol. The fraction of sp³-hybridized carbons (Fsp3) is 0.571. The fourth-order valence-corrected chi connectivity index (χ4v) is 1.75. The van der Waals surface area contributed by atoms with Crippen LogP contribution in [-0.4, -0.2) is 11.7 Å². The predicted octanol–water partition coefficient (Wildman–Crippen LogP) is 2.54. The van der Waals surface area contributed by atoms with Crippen molar-refractivity contribution in [3.8, 4) is 0 Å². The number of hydrogen-bond acceptors (Lipinski definition) is 2. The summed E-state index contributed by atoms with van der Waals surface area (Å²) in [6.07, 6.45) is 0.637. The van der Waals surface area contributed by atoms with E-state index >= 15 is 0 Å². The van der Waals surface area contributed by atoms with Crippen LogP contribution in [0.1, 0.15) is 45.2 Å². The van der Waals surface area contributed by atoms with E-state index in [0.29, 0.717) is 6.42 Å². The molecule has 0 bridgehead atoms. The van der Waals surface area contributed by atoms with Gasteiger partial charge in [-0.1, -0.05) is 52.0 Å². The lowest BCUT2D eigenvalue weighted by Gasteiger charge is -2.27. The van der Waals surface area contributed by atoms with E-state index < -0.39 is 5.60 Å². The number of nitrogens with two attached hydrogens (primary N) is 1. The molecule has 0 amide bonds. The van der Waals surface area contributed by atoms with Crippen LogP contribution < -0.4 is 5.73 Å². The van der Waals surface area contributed by atoms with E-state index in [9.17, 15) is 5.11 Å². The van der Waals surface area contributed by atoms with Gasteiger partial charge >= 0.3 is 0 Å². The first-order chi connectivity index (χ1) is 7.33. The van der Waals surface area contributed by atoms with Gasteiger partial charge in [-0.3, -0.25) is 0 Å². The molecule has 0 aliphatic rings. The third kappa shape index (κ3) is 2.63. The zero-order chi connectivity index (χ0) is 12.4. The fourth-order valence-electron chi connectivity index (χ4n) is 1.75. The molecule has 0 saturated heterocycles. The summed E-state index contributed by atoms with van der Waals surface area (Å²) in [6, 6.07) is 8.12. The van der Waals surface area contributed by atoms with E-state index in [1.807, 2.05) is 19.1 Å². The van der Waals surface area contributed by atoms with E-state index in [2.05, 4.69) is 32.9 Å². The molecule has 0 spiro atoms. The Morgan fingerprint density at radius 2 is 1.50 bits per heavy atom. The summed E-state index contributed by atoms with van der Waals surface area (Å²) < 4.78 is 0. The van der Waals surface area contributed by atoms with Crippen LogP contribution in [0.25, 0.3) is 0 Å². The van der Waals surface area contributed by atoms with E-state index in [-0.39, 0.29) is 12.0 Å². The van der Waals surface area contributed by atoms with Gasteiger partial charge in [0.1, 0.15) is 5.60 Å². The van der Waals surface area contributed by atoms with E-state index in [1.54, 1.807) is 0 Å². The van der Waals surface area contributed by atoms with Gasteiger partial charge < -0.3 is 10.8 Å². The van der Waals surface area contributed by atoms with Gasteiger partial charge in [-0.15, -0.1) is 0 Å². The summed E-state index contributed by atoms with van der Waals surface area (Å²) in [5, 5.41) is 10.3. The normalized spacial score (nSPS) is 15.9. The van der Waals surface area contributed by atoms with Crippen molar-refractivity contribution in [3.05, 3.63) is 35.4 Å². The summed E-state index contributed by atoms with van der Waals surface area (Å²) in [4.78, 5) is 0. The maximum absolute atomic E-state index is 10.3. The van der Waals surface area contributed by atoms with Crippen molar-refractivity contribution < 1.29 is 5.11 Å². The van der Waals surface area contributed by atoms with Gasteiger partial charge in [-0.05, 0) is 23.0 Å². The molecule has 1 unspecified atom stereocenters. The van der Waals surface area contributed by atoms with Crippen molar-refractivity contribution in [1.82, 2.24) is 0 Å². The van der Waals surface area contributed by atoms with Gasteiger partial charge in [0.2, 0.25) is 0 Å². The molecule has 0 aromatic heterocycles. The first kappa shape index (κ1) is 13.2. The minimum atomic E-state index is -0.879. The Hall–Kier alpha value is -0.860. The largest absolute Gasteiger partial charge is 0.384 e. The molecule has 90 valence electrons. The van der Waals surface area contributed by atoms with Crippen LogP contribution in [0.5, 0.6) is 0 Å². The molecule has 0 aliphatic carbocycles. The molecule has 3 N–H and O–H groups in total. The Balaban J connectivity index is 3.04. The SMILES string of the molecule is CCC(O)(CN)c1ccc(C(C)(C)C)cc1. The molecule has 0 fully saturated rings. The molecule has 16 heavy (non-hydrogen) atoms. The molecule has 1 rings (SSSR count). The zero-order valence-corrected chi connectivity index (χ0v) is 10.7. The summed E-state index contributed by atoms with van der Waals surface area (Å²) >= 11 is 0. The second kappa shape index (κ2) is 4.56. The zero-order valence-electron chi connectivity index (χ0n) is 10.7. The van der Waals surface area contributed by atoms with Crippen LogP contribution in [0.4, 0.5) is 0 Å². The lowest BCUT2D eigenvalue weighted by Crippen LogP contribution is -2.34. The van der Waals surface area contributed by atoms with Crippen LogP contribution in [0.15, 0.2) is 24.3 Å². The Morgan fingerprint density at radius 1 is 1.06 bits per heavy atom. The van der Waals surface area contributed by atoms with E-state index in [0.717, 1.165) is 5.56 Å². The molecule has 0 aliphatic heterocycles. The molecule has 1 aromatic rings. The van der Waals surface area contributed by atoms with Crippen molar-refractivity contribution in [2.24, 2.45) is 5.73 Å². The van der Waals surface area contributed by atoms with Crippen molar-refractivity contribution in [1.29, 1.82) is 0 Å². The molecule has 2 heteroatoms. The molecule has 0 radical (unpaired) electrons. The van der Waals surface area contributed by atoms with Crippen LogP contribution in [0, 0.1) is 0 Å². The third-order valence-corrected chi connectivity index (χ3v) is 3.21. The molecular formula is C14H23NO. The first-order valence-corrected chi connectivity index (χ1v) is 5.87. The monoisotopic (exact) mass is 221 g/mol. The van der Waals surface area contributed by atoms with Crippen LogP contribution >= 0.6 is 0 Å². The van der Waals surface area contributed by atoms with Crippen LogP contribution in [0.2, 0.25) is 0 Å². The van der Waals surface area contributed by atoms with Crippen LogP contribution in [0.3, 0.4) is 0 Å². The van der Waals surface area contributed by atoms with Crippen molar-refractivity contribution in [3.63, 3.8) is 0 Å². The molecule has 0 saturated carbocycles. The maximum Gasteiger partial charge on any atom is 0.102 e. The molecular weight excluding hydrogens is 198 g/mol. The second-order valence-corrected chi connectivity index (χ2v) is 5.42. The Morgan fingerprint density at radius 3 is 1.81 bits per heavy atom. The Kier molecular flexibility index (Phi) is 3.76. The average Bonchev–Trinajstić information content (AvgIpc) is 2.27. The number of hydrogen-bond donors (Lipinski definition) is 2. The summed E-state index contributed by atoms with van der Waals surface area (Å²) in [6.45, 7) is 8.74. The van der Waals surface area contributed by atoms with Gasteiger partial charge in [0, 0.05) is 6.54 Å². The molecule has 1 aromatic carbocycles. The lowest BCUT2D eigenvalue weighted by atomic mass is 9.84. The number of benzene rings is 1. The minimum absolute atomic E-state index is 0.144. The highest BCUT2D eigenvalue weighted by Crippen LogP contribution is 2.27. The van der Waals surface area contributed by atoms with Gasteiger partial charge in [0.15, 0.2) is 0 Å². The van der Waals surface area contributed by atoms with Crippen molar-refractivity contribution >= 4 is 0 Å². The highest BCUT2D eigenvalue weighted by atomic mass is 16.3. The standard InChI is InChI=1S/C14H23NO/c1-5-14(16,10-15)12-8-6-11(7-9-12)13(2,3)4/h6-9,16H,5,10,15H2,1-4H3. The van der Waals surface area contributed by atoms with E-state index in [1.165, 1.54) is 5.56 Å². The van der Waals surface area contributed by atoms with Gasteiger partial charge in [0.25, 0.3) is 0 Å².